The van der Waals surface area contributed by atoms with Crippen LogP contribution in [0.3, 0.4) is 0 Å². The van der Waals surface area contributed by atoms with Gasteiger partial charge >= 0.3 is 0 Å². The summed E-state index contributed by atoms with van der Waals surface area (Å²) in [5, 5.41) is 10.8. The summed E-state index contributed by atoms with van der Waals surface area (Å²) in [6.07, 6.45) is 0.587. The SMILES string of the molecule is CCC(CC)(OC)C(O)c1c(OC)cccc1OC. The number of aliphatic hydroxyl groups is 1. The van der Waals surface area contributed by atoms with Crippen molar-refractivity contribution in [3.05, 3.63) is 23.8 Å². The van der Waals surface area contributed by atoms with Gasteiger partial charge in [0.2, 0.25) is 0 Å². The molecule has 0 radical (unpaired) electrons. The van der Waals surface area contributed by atoms with E-state index < -0.39 is 11.7 Å². The average molecular weight is 268 g/mol. The van der Waals surface area contributed by atoms with E-state index in [1.165, 1.54) is 0 Å². The number of methoxy groups -OCH3 is 3. The fourth-order valence-electron chi connectivity index (χ4n) is 2.45. The van der Waals surface area contributed by atoms with Gasteiger partial charge in [-0.3, -0.25) is 0 Å². The largest absolute Gasteiger partial charge is 0.496 e. The van der Waals surface area contributed by atoms with Gasteiger partial charge < -0.3 is 19.3 Å². The van der Waals surface area contributed by atoms with E-state index >= 15 is 0 Å². The summed E-state index contributed by atoms with van der Waals surface area (Å²) >= 11 is 0. The molecule has 1 unspecified atom stereocenters. The number of hydrogen-bond acceptors (Lipinski definition) is 4. The van der Waals surface area contributed by atoms with Gasteiger partial charge in [-0.1, -0.05) is 19.9 Å². The third-order valence-corrected chi connectivity index (χ3v) is 3.84. The average Bonchev–Trinajstić information content (AvgIpc) is 2.48. The quantitative estimate of drug-likeness (QED) is 0.826. The first kappa shape index (κ1) is 15.8. The molecule has 0 aliphatic rings. The molecular formula is C15H24O4. The van der Waals surface area contributed by atoms with Crippen LogP contribution >= 0.6 is 0 Å². The second-order valence-electron chi connectivity index (χ2n) is 4.45. The highest BCUT2D eigenvalue weighted by atomic mass is 16.5. The minimum absolute atomic E-state index is 0.607. The smallest absolute Gasteiger partial charge is 0.128 e. The molecule has 1 rings (SSSR count). The van der Waals surface area contributed by atoms with Gasteiger partial charge in [-0.2, -0.15) is 0 Å². The predicted octanol–water partition coefficient (Wildman–Crippen LogP) is 2.94. The third kappa shape index (κ3) is 2.85. The topological polar surface area (TPSA) is 47.9 Å². The predicted molar refractivity (Wildman–Crippen MR) is 74.8 cm³/mol. The van der Waals surface area contributed by atoms with Gasteiger partial charge in [-0.15, -0.1) is 0 Å². The van der Waals surface area contributed by atoms with E-state index in [1.807, 2.05) is 32.0 Å². The van der Waals surface area contributed by atoms with E-state index in [9.17, 15) is 5.11 Å². The normalized spacial score (nSPS) is 13.2. The molecule has 0 amide bonds. The Hall–Kier alpha value is -1.26. The van der Waals surface area contributed by atoms with Crippen LogP contribution in [0.25, 0.3) is 0 Å². The van der Waals surface area contributed by atoms with Crippen LogP contribution < -0.4 is 9.47 Å². The van der Waals surface area contributed by atoms with Crippen LogP contribution in [-0.4, -0.2) is 32.0 Å². The second-order valence-corrected chi connectivity index (χ2v) is 4.45. The maximum absolute atomic E-state index is 10.8. The van der Waals surface area contributed by atoms with Crippen molar-refractivity contribution in [3.63, 3.8) is 0 Å². The van der Waals surface area contributed by atoms with Crippen LogP contribution in [-0.2, 0) is 4.74 Å². The molecule has 4 nitrogen and oxygen atoms in total. The number of ether oxygens (including phenoxy) is 3. The molecule has 0 saturated heterocycles. The van der Waals surface area contributed by atoms with Gasteiger partial charge in [0.05, 0.1) is 25.4 Å². The highest BCUT2D eigenvalue weighted by molar-refractivity contribution is 5.47. The Labute approximate surface area is 115 Å². The molecule has 108 valence electrons. The standard InChI is InChI=1S/C15H24O4/c1-6-15(7-2,19-5)14(16)13-11(17-3)9-8-10-12(13)18-4/h8-10,14,16H,6-7H2,1-5H3. The molecule has 0 bridgehead atoms. The van der Waals surface area contributed by atoms with Gasteiger partial charge in [-0.25, -0.2) is 0 Å². The Morgan fingerprint density at radius 2 is 1.53 bits per heavy atom. The van der Waals surface area contributed by atoms with Crippen molar-refractivity contribution in [2.75, 3.05) is 21.3 Å². The zero-order valence-electron chi connectivity index (χ0n) is 12.4. The fraction of sp³-hybridized carbons (Fsp3) is 0.600. The molecular weight excluding hydrogens is 244 g/mol. The van der Waals surface area contributed by atoms with E-state index in [0.29, 0.717) is 29.9 Å². The first-order valence-corrected chi connectivity index (χ1v) is 6.54. The lowest BCUT2D eigenvalue weighted by Gasteiger charge is -2.36. The zero-order valence-corrected chi connectivity index (χ0v) is 12.4. The van der Waals surface area contributed by atoms with Crippen LogP contribution in [0.15, 0.2) is 18.2 Å². The first-order chi connectivity index (χ1) is 9.10. The lowest BCUT2D eigenvalue weighted by atomic mass is 9.85. The van der Waals surface area contributed by atoms with Crippen LogP contribution in [0.2, 0.25) is 0 Å². The third-order valence-electron chi connectivity index (χ3n) is 3.84. The van der Waals surface area contributed by atoms with Crippen LogP contribution in [0.4, 0.5) is 0 Å². The van der Waals surface area contributed by atoms with Crippen molar-refractivity contribution in [2.45, 2.75) is 38.4 Å². The molecule has 4 heteroatoms. The van der Waals surface area contributed by atoms with Gasteiger partial charge in [0.15, 0.2) is 0 Å². The molecule has 1 aromatic carbocycles. The Kier molecular flexibility index (Phi) is 5.63. The van der Waals surface area contributed by atoms with Crippen LogP contribution in [0.5, 0.6) is 11.5 Å². The lowest BCUT2D eigenvalue weighted by molar-refractivity contribution is -0.111. The number of hydrogen-bond donors (Lipinski definition) is 1. The zero-order chi connectivity index (χ0) is 14.5. The first-order valence-electron chi connectivity index (χ1n) is 6.54. The summed E-state index contributed by atoms with van der Waals surface area (Å²) in [7, 11) is 4.78. The number of benzene rings is 1. The van der Waals surface area contributed by atoms with Crippen molar-refractivity contribution < 1.29 is 19.3 Å². The molecule has 1 N–H and O–H groups in total. The Balaban J connectivity index is 3.34. The molecule has 19 heavy (non-hydrogen) atoms. The van der Waals surface area contributed by atoms with E-state index in [0.717, 1.165) is 0 Å². The maximum atomic E-state index is 10.8. The summed E-state index contributed by atoms with van der Waals surface area (Å²) in [6.45, 7) is 4.00. The summed E-state index contributed by atoms with van der Waals surface area (Å²) in [6, 6.07) is 5.46. The number of rotatable bonds is 7. The van der Waals surface area contributed by atoms with E-state index in [1.54, 1.807) is 21.3 Å². The number of aliphatic hydroxyl groups excluding tert-OH is 1. The van der Waals surface area contributed by atoms with Crippen molar-refractivity contribution >= 4 is 0 Å². The van der Waals surface area contributed by atoms with Gasteiger partial charge in [-0.05, 0) is 25.0 Å². The molecule has 0 heterocycles. The van der Waals surface area contributed by atoms with Gasteiger partial charge in [0, 0.05) is 7.11 Å². The van der Waals surface area contributed by atoms with Crippen molar-refractivity contribution in [1.82, 2.24) is 0 Å². The molecule has 0 fully saturated rings. The van der Waals surface area contributed by atoms with E-state index in [4.69, 9.17) is 14.2 Å². The highest BCUT2D eigenvalue weighted by Gasteiger charge is 2.38. The molecule has 0 spiro atoms. The van der Waals surface area contributed by atoms with Crippen molar-refractivity contribution in [3.8, 4) is 11.5 Å². The fourth-order valence-corrected chi connectivity index (χ4v) is 2.45. The van der Waals surface area contributed by atoms with Crippen LogP contribution in [0, 0.1) is 0 Å². The van der Waals surface area contributed by atoms with E-state index in [-0.39, 0.29) is 0 Å². The van der Waals surface area contributed by atoms with Gasteiger partial charge in [0.1, 0.15) is 17.6 Å². The van der Waals surface area contributed by atoms with Crippen LogP contribution in [0.1, 0.15) is 38.4 Å². The molecule has 1 atom stereocenters. The Morgan fingerprint density at radius 3 is 1.84 bits per heavy atom. The molecule has 0 saturated carbocycles. The molecule has 0 aliphatic carbocycles. The highest BCUT2D eigenvalue weighted by Crippen LogP contribution is 2.43. The maximum Gasteiger partial charge on any atom is 0.128 e. The van der Waals surface area contributed by atoms with Crippen molar-refractivity contribution in [2.24, 2.45) is 0 Å². The Morgan fingerprint density at radius 1 is 1.05 bits per heavy atom. The summed E-state index contributed by atoms with van der Waals surface area (Å²) in [5.74, 6) is 1.21. The summed E-state index contributed by atoms with van der Waals surface area (Å²) in [4.78, 5) is 0. The monoisotopic (exact) mass is 268 g/mol. The minimum atomic E-state index is -0.807. The van der Waals surface area contributed by atoms with Gasteiger partial charge in [0.25, 0.3) is 0 Å². The Bertz CT molecular complexity index is 369. The second kappa shape index (κ2) is 6.78. The minimum Gasteiger partial charge on any atom is -0.496 e. The summed E-state index contributed by atoms with van der Waals surface area (Å²) < 4.78 is 16.3. The van der Waals surface area contributed by atoms with E-state index in [2.05, 4.69) is 0 Å². The lowest BCUT2D eigenvalue weighted by Crippen LogP contribution is -2.37. The molecule has 0 aliphatic heterocycles. The summed E-state index contributed by atoms with van der Waals surface area (Å²) in [5.41, 5.74) is 0.0000926. The molecule has 1 aromatic rings. The molecule has 0 aromatic heterocycles. The van der Waals surface area contributed by atoms with Crippen molar-refractivity contribution in [1.29, 1.82) is 0 Å².